The second-order valence-corrected chi connectivity index (χ2v) is 8.74. The number of fused-ring (bicyclic) bond motifs is 2. The van der Waals surface area contributed by atoms with Crippen molar-refractivity contribution in [2.45, 2.75) is 45.2 Å². The van der Waals surface area contributed by atoms with Crippen LogP contribution in [0.4, 0.5) is 11.5 Å². The predicted molar refractivity (Wildman–Crippen MR) is 121 cm³/mol. The minimum Gasteiger partial charge on any atom is -0.374 e. The highest BCUT2D eigenvalue weighted by molar-refractivity contribution is 6.04. The number of hydrogen-bond acceptors (Lipinski definition) is 4. The molecule has 0 saturated carbocycles. The monoisotopic (exact) mass is 403 g/mol. The van der Waals surface area contributed by atoms with E-state index in [1.165, 1.54) is 29.8 Å². The first-order chi connectivity index (χ1) is 14.6. The SMILES string of the molecule is C[C@H]1CCCN1Cc1cc2cnc(NC(=O)c3ccc4c(c3)CCCN4C)cc2[nH]1. The molecule has 1 fully saturated rings. The minimum atomic E-state index is -0.115. The largest absolute Gasteiger partial charge is 0.374 e. The number of anilines is 2. The molecule has 0 spiro atoms. The van der Waals surface area contributed by atoms with E-state index in [2.05, 4.69) is 51.2 Å². The maximum atomic E-state index is 12.8. The van der Waals surface area contributed by atoms with Crippen molar-refractivity contribution in [3.63, 3.8) is 0 Å². The molecule has 2 aromatic heterocycles. The van der Waals surface area contributed by atoms with Crippen LogP contribution >= 0.6 is 0 Å². The van der Waals surface area contributed by atoms with Gasteiger partial charge in [-0.05, 0) is 69.0 Å². The normalized spacial score (nSPS) is 19.3. The number of aromatic nitrogens is 2. The lowest BCUT2D eigenvalue weighted by Gasteiger charge is -2.27. The Bertz CT molecular complexity index is 1090. The number of benzene rings is 1. The molecule has 2 aliphatic heterocycles. The van der Waals surface area contributed by atoms with Crippen LogP contribution in [0.2, 0.25) is 0 Å². The van der Waals surface area contributed by atoms with Crippen LogP contribution in [0.1, 0.15) is 47.8 Å². The van der Waals surface area contributed by atoms with Gasteiger partial charge in [-0.2, -0.15) is 0 Å². The van der Waals surface area contributed by atoms with Gasteiger partial charge in [0.15, 0.2) is 0 Å². The summed E-state index contributed by atoms with van der Waals surface area (Å²) < 4.78 is 0. The Labute approximate surface area is 177 Å². The van der Waals surface area contributed by atoms with Crippen molar-refractivity contribution >= 4 is 28.3 Å². The molecular weight excluding hydrogens is 374 g/mol. The van der Waals surface area contributed by atoms with E-state index in [-0.39, 0.29) is 5.91 Å². The van der Waals surface area contributed by atoms with Gasteiger partial charge in [0.1, 0.15) is 5.82 Å². The Balaban J connectivity index is 1.32. The zero-order valence-corrected chi connectivity index (χ0v) is 17.7. The lowest BCUT2D eigenvalue weighted by molar-refractivity contribution is 0.102. The molecule has 1 atom stereocenters. The second kappa shape index (κ2) is 7.76. The molecule has 2 N–H and O–H groups in total. The molecule has 6 nitrogen and oxygen atoms in total. The van der Waals surface area contributed by atoms with E-state index >= 15 is 0 Å². The number of aromatic amines is 1. The van der Waals surface area contributed by atoms with Crippen molar-refractivity contribution in [3.8, 4) is 0 Å². The molecule has 0 bridgehead atoms. The Morgan fingerprint density at radius 1 is 1.23 bits per heavy atom. The van der Waals surface area contributed by atoms with Crippen LogP contribution in [0.25, 0.3) is 10.9 Å². The lowest BCUT2D eigenvalue weighted by Crippen LogP contribution is -2.26. The number of pyridine rings is 1. The standard InChI is InChI=1S/C24H29N5O/c1-16-5-3-10-29(16)15-20-12-19-14-25-23(13-21(19)26-20)27-24(30)18-7-8-22-17(11-18)6-4-9-28(22)2/h7-8,11-14,16,26H,3-6,9-10,15H2,1-2H3,(H,25,27,30)/t16-/m0/s1. The smallest absolute Gasteiger partial charge is 0.256 e. The van der Waals surface area contributed by atoms with Crippen LogP contribution in [-0.4, -0.2) is 47.0 Å². The van der Waals surface area contributed by atoms with Crippen molar-refractivity contribution in [1.82, 2.24) is 14.9 Å². The number of H-pyrrole nitrogens is 1. The van der Waals surface area contributed by atoms with Crippen molar-refractivity contribution in [1.29, 1.82) is 0 Å². The highest BCUT2D eigenvalue weighted by Crippen LogP contribution is 2.27. The first kappa shape index (κ1) is 19.1. The number of hydrogen-bond donors (Lipinski definition) is 2. The van der Waals surface area contributed by atoms with Gasteiger partial charge in [-0.1, -0.05) is 0 Å². The van der Waals surface area contributed by atoms with E-state index in [1.54, 1.807) is 0 Å². The Hall–Kier alpha value is -2.86. The summed E-state index contributed by atoms with van der Waals surface area (Å²) in [6.45, 7) is 5.45. The molecule has 1 saturated heterocycles. The Morgan fingerprint density at radius 3 is 2.97 bits per heavy atom. The lowest BCUT2D eigenvalue weighted by atomic mass is 9.99. The summed E-state index contributed by atoms with van der Waals surface area (Å²) in [5.41, 5.74) is 5.35. The maximum absolute atomic E-state index is 12.8. The fourth-order valence-corrected chi connectivity index (χ4v) is 4.80. The summed E-state index contributed by atoms with van der Waals surface area (Å²) in [5.74, 6) is 0.459. The van der Waals surface area contributed by atoms with Gasteiger partial charge in [0.25, 0.3) is 5.91 Å². The molecule has 3 aromatic rings. The first-order valence-electron chi connectivity index (χ1n) is 10.9. The average Bonchev–Trinajstić information content (AvgIpc) is 3.33. The fourth-order valence-electron chi connectivity index (χ4n) is 4.80. The van der Waals surface area contributed by atoms with Crippen molar-refractivity contribution in [2.75, 3.05) is 30.4 Å². The molecule has 1 amide bonds. The Kier molecular flexibility index (Phi) is 4.95. The Morgan fingerprint density at radius 2 is 2.13 bits per heavy atom. The van der Waals surface area contributed by atoms with Gasteiger partial charge in [0.2, 0.25) is 0 Å². The molecular formula is C24H29N5O. The van der Waals surface area contributed by atoms with Crippen LogP contribution in [0.5, 0.6) is 0 Å². The fraction of sp³-hybridized carbons (Fsp3) is 0.417. The highest BCUT2D eigenvalue weighted by Gasteiger charge is 2.21. The van der Waals surface area contributed by atoms with Crippen molar-refractivity contribution in [2.24, 2.45) is 0 Å². The second-order valence-electron chi connectivity index (χ2n) is 8.74. The van der Waals surface area contributed by atoms with Gasteiger partial charge in [0, 0.05) is 60.8 Å². The molecule has 1 aromatic carbocycles. The summed E-state index contributed by atoms with van der Waals surface area (Å²) in [5, 5.41) is 4.04. The molecule has 2 aliphatic rings. The molecule has 0 radical (unpaired) electrons. The number of carbonyl (C=O) groups is 1. The summed E-state index contributed by atoms with van der Waals surface area (Å²) in [4.78, 5) is 25.5. The van der Waals surface area contributed by atoms with E-state index in [0.29, 0.717) is 17.4 Å². The number of nitrogens with zero attached hydrogens (tertiary/aromatic N) is 3. The van der Waals surface area contributed by atoms with Crippen LogP contribution in [0.3, 0.4) is 0 Å². The summed E-state index contributed by atoms with van der Waals surface area (Å²) in [6, 6.07) is 10.7. The molecule has 156 valence electrons. The van der Waals surface area contributed by atoms with Crippen molar-refractivity contribution in [3.05, 3.63) is 53.3 Å². The van der Waals surface area contributed by atoms with Gasteiger partial charge in [-0.15, -0.1) is 0 Å². The summed E-state index contributed by atoms with van der Waals surface area (Å²) in [6.07, 6.45) is 6.53. The molecule has 0 unspecified atom stereocenters. The third kappa shape index (κ3) is 3.67. The van der Waals surface area contributed by atoms with E-state index in [0.717, 1.165) is 43.4 Å². The number of rotatable bonds is 4. The number of likely N-dealkylation sites (tertiary alicyclic amines) is 1. The van der Waals surface area contributed by atoms with Gasteiger partial charge >= 0.3 is 0 Å². The average molecular weight is 404 g/mol. The van der Waals surface area contributed by atoms with Crippen LogP contribution in [0.15, 0.2) is 36.5 Å². The third-order valence-corrected chi connectivity index (χ3v) is 6.56. The number of carbonyl (C=O) groups excluding carboxylic acids is 1. The summed E-state index contributed by atoms with van der Waals surface area (Å²) in [7, 11) is 2.10. The quantitative estimate of drug-likeness (QED) is 0.686. The molecule has 5 rings (SSSR count). The van der Waals surface area contributed by atoms with Crippen LogP contribution in [-0.2, 0) is 13.0 Å². The summed E-state index contributed by atoms with van der Waals surface area (Å²) >= 11 is 0. The number of amides is 1. The van der Waals surface area contributed by atoms with E-state index in [1.807, 2.05) is 24.4 Å². The minimum absolute atomic E-state index is 0.115. The molecule has 0 aliphatic carbocycles. The van der Waals surface area contributed by atoms with Crippen LogP contribution < -0.4 is 10.2 Å². The molecule has 30 heavy (non-hydrogen) atoms. The van der Waals surface area contributed by atoms with Gasteiger partial charge < -0.3 is 15.2 Å². The van der Waals surface area contributed by atoms with Gasteiger partial charge in [-0.25, -0.2) is 4.98 Å². The topological polar surface area (TPSA) is 64.3 Å². The third-order valence-electron chi connectivity index (χ3n) is 6.56. The van der Waals surface area contributed by atoms with E-state index in [4.69, 9.17) is 0 Å². The van der Waals surface area contributed by atoms with Gasteiger partial charge in [0.05, 0.1) is 5.52 Å². The number of nitrogens with one attached hydrogen (secondary N) is 2. The zero-order valence-electron chi connectivity index (χ0n) is 17.7. The number of aryl methyl sites for hydroxylation is 1. The predicted octanol–water partition coefficient (Wildman–Crippen LogP) is 4.18. The maximum Gasteiger partial charge on any atom is 0.256 e. The molecule has 4 heterocycles. The van der Waals surface area contributed by atoms with E-state index < -0.39 is 0 Å². The first-order valence-corrected chi connectivity index (χ1v) is 10.9. The van der Waals surface area contributed by atoms with Gasteiger partial charge in [-0.3, -0.25) is 9.69 Å². The highest BCUT2D eigenvalue weighted by atomic mass is 16.1. The van der Waals surface area contributed by atoms with Crippen molar-refractivity contribution < 1.29 is 4.79 Å². The molecule has 6 heteroatoms. The zero-order chi connectivity index (χ0) is 20.7. The van der Waals surface area contributed by atoms with Crippen LogP contribution in [0, 0.1) is 0 Å². The van der Waals surface area contributed by atoms with E-state index in [9.17, 15) is 4.79 Å².